The van der Waals surface area contributed by atoms with Crippen LogP contribution in [0.25, 0.3) is 0 Å². The number of hydrogen-bond donors (Lipinski definition) is 0. The SMILES string of the molecule is CCCCCCCCCCCCSC(=S)SC(C)c1ccc(CCl)cc1. The molecular formula is C22H35ClS3. The second kappa shape index (κ2) is 16.3. The Morgan fingerprint density at radius 1 is 0.923 bits per heavy atom. The number of unbranched alkanes of at least 4 members (excludes halogenated alkanes) is 9. The highest BCUT2D eigenvalue weighted by Gasteiger charge is 2.09. The molecule has 0 radical (unpaired) electrons. The van der Waals surface area contributed by atoms with Crippen molar-refractivity contribution in [3.8, 4) is 0 Å². The van der Waals surface area contributed by atoms with E-state index in [9.17, 15) is 0 Å². The first-order valence-electron chi connectivity index (χ1n) is 10.2. The van der Waals surface area contributed by atoms with Gasteiger partial charge in [0.05, 0.1) is 0 Å². The largest absolute Gasteiger partial charge is 0.122 e. The first-order valence-corrected chi connectivity index (χ1v) is 13.0. The van der Waals surface area contributed by atoms with E-state index in [-0.39, 0.29) is 0 Å². The van der Waals surface area contributed by atoms with Crippen LogP contribution in [0.3, 0.4) is 0 Å². The van der Waals surface area contributed by atoms with Crippen LogP contribution < -0.4 is 0 Å². The van der Waals surface area contributed by atoms with E-state index in [2.05, 4.69) is 38.1 Å². The lowest BCUT2D eigenvalue weighted by Gasteiger charge is -2.12. The number of hydrogen-bond acceptors (Lipinski definition) is 3. The Morgan fingerprint density at radius 3 is 2.00 bits per heavy atom. The number of thiocarbonyl (C=S) groups is 1. The van der Waals surface area contributed by atoms with Gasteiger partial charge in [-0.1, -0.05) is 113 Å². The second-order valence-corrected chi connectivity index (χ2v) is 10.8. The van der Waals surface area contributed by atoms with Crippen molar-refractivity contribution in [2.45, 2.75) is 89.2 Å². The Hall–Kier alpha value is 0.300. The number of halogens is 1. The van der Waals surface area contributed by atoms with Crippen LogP contribution in [-0.4, -0.2) is 9.28 Å². The third-order valence-corrected chi connectivity index (χ3v) is 7.73. The molecule has 1 atom stereocenters. The zero-order valence-electron chi connectivity index (χ0n) is 16.5. The summed E-state index contributed by atoms with van der Waals surface area (Å²) in [6.07, 6.45) is 13.9. The van der Waals surface area contributed by atoms with Crippen LogP contribution in [0.5, 0.6) is 0 Å². The van der Waals surface area contributed by atoms with Crippen LogP contribution >= 0.6 is 47.3 Å². The number of rotatable bonds is 14. The lowest BCUT2D eigenvalue weighted by molar-refractivity contribution is 0.563. The molecule has 0 amide bonds. The molecule has 0 saturated carbocycles. The first kappa shape index (κ1) is 24.3. The summed E-state index contributed by atoms with van der Waals surface area (Å²) in [6.45, 7) is 4.51. The molecule has 4 heteroatoms. The van der Waals surface area contributed by atoms with Crippen molar-refractivity contribution in [1.29, 1.82) is 0 Å². The van der Waals surface area contributed by atoms with E-state index in [1.807, 2.05) is 23.5 Å². The molecule has 1 unspecified atom stereocenters. The van der Waals surface area contributed by atoms with Gasteiger partial charge in [0.1, 0.15) is 3.53 Å². The van der Waals surface area contributed by atoms with Crippen molar-refractivity contribution in [2.75, 3.05) is 5.75 Å². The zero-order chi connectivity index (χ0) is 19.0. The second-order valence-electron chi connectivity index (χ2n) is 6.92. The van der Waals surface area contributed by atoms with Gasteiger partial charge in [-0.15, -0.1) is 23.4 Å². The molecule has 0 N–H and O–H groups in total. The normalized spacial score (nSPS) is 12.3. The Morgan fingerprint density at radius 2 is 1.46 bits per heavy atom. The van der Waals surface area contributed by atoms with Crippen molar-refractivity contribution in [1.82, 2.24) is 0 Å². The molecule has 148 valence electrons. The molecule has 0 saturated heterocycles. The maximum Gasteiger partial charge on any atom is 0.104 e. The monoisotopic (exact) mass is 430 g/mol. The minimum atomic E-state index is 0.409. The zero-order valence-corrected chi connectivity index (χ0v) is 19.7. The highest BCUT2D eigenvalue weighted by molar-refractivity contribution is 8.47. The Labute approximate surface area is 180 Å². The van der Waals surface area contributed by atoms with Crippen LogP contribution in [-0.2, 0) is 5.88 Å². The van der Waals surface area contributed by atoms with Crippen LogP contribution in [0.15, 0.2) is 24.3 Å². The van der Waals surface area contributed by atoms with E-state index in [4.69, 9.17) is 23.8 Å². The summed E-state index contributed by atoms with van der Waals surface area (Å²) in [5, 5.41) is 0.409. The molecule has 0 aromatic heterocycles. The smallest absolute Gasteiger partial charge is 0.104 e. The van der Waals surface area contributed by atoms with Gasteiger partial charge >= 0.3 is 0 Å². The molecule has 1 rings (SSSR count). The lowest BCUT2D eigenvalue weighted by Crippen LogP contribution is -1.93. The maximum absolute atomic E-state index is 5.85. The number of benzene rings is 1. The molecule has 0 aliphatic carbocycles. The molecular weight excluding hydrogens is 396 g/mol. The molecule has 0 spiro atoms. The fraction of sp³-hybridized carbons (Fsp3) is 0.682. The number of alkyl halides is 1. The van der Waals surface area contributed by atoms with Gasteiger partial charge in [0.15, 0.2) is 0 Å². The third kappa shape index (κ3) is 11.9. The van der Waals surface area contributed by atoms with Crippen molar-refractivity contribution in [3.05, 3.63) is 35.4 Å². The first-order chi connectivity index (χ1) is 12.7. The van der Waals surface area contributed by atoms with Crippen LogP contribution in [0.4, 0.5) is 0 Å². The van der Waals surface area contributed by atoms with Gasteiger partial charge in [-0.2, -0.15) is 0 Å². The Kier molecular flexibility index (Phi) is 15.2. The molecule has 0 fully saturated rings. The highest BCUT2D eigenvalue weighted by atomic mass is 35.5. The van der Waals surface area contributed by atoms with Gasteiger partial charge in [-0.25, -0.2) is 0 Å². The molecule has 26 heavy (non-hydrogen) atoms. The molecule has 1 aromatic carbocycles. The average molecular weight is 431 g/mol. The molecule has 0 nitrogen and oxygen atoms in total. The number of thioether (sulfide) groups is 2. The van der Waals surface area contributed by atoms with Gasteiger partial charge in [-0.05, 0) is 30.2 Å². The Balaban J connectivity index is 2.01. The average Bonchev–Trinajstić information content (AvgIpc) is 2.66. The summed E-state index contributed by atoms with van der Waals surface area (Å²) < 4.78 is 1.08. The van der Waals surface area contributed by atoms with Gasteiger partial charge in [0.2, 0.25) is 0 Å². The Bertz CT molecular complexity index is 473. The predicted molar refractivity (Wildman–Crippen MR) is 129 cm³/mol. The van der Waals surface area contributed by atoms with Gasteiger partial charge in [0.25, 0.3) is 0 Å². The topological polar surface area (TPSA) is 0 Å². The quantitative estimate of drug-likeness (QED) is 0.164. The van der Waals surface area contributed by atoms with E-state index in [1.165, 1.54) is 81.1 Å². The van der Waals surface area contributed by atoms with E-state index in [0.29, 0.717) is 11.1 Å². The molecule has 0 aliphatic heterocycles. The van der Waals surface area contributed by atoms with Crippen LogP contribution in [0, 0.1) is 0 Å². The van der Waals surface area contributed by atoms with Crippen molar-refractivity contribution < 1.29 is 0 Å². The summed E-state index contributed by atoms with van der Waals surface area (Å²) >= 11 is 15.1. The standard InChI is InChI=1S/C22H35ClS3/c1-3-4-5-6-7-8-9-10-11-12-17-25-22(24)26-19(2)21-15-13-20(18-23)14-16-21/h13-16,19H,3-12,17-18H2,1-2H3. The summed E-state index contributed by atoms with van der Waals surface area (Å²) in [7, 11) is 0. The summed E-state index contributed by atoms with van der Waals surface area (Å²) in [5.41, 5.74) is 2.50. The van der Waals surface area contributed by atoms with E-state index >= 15 is 0 Å². The van der Waals surface area contributed by atoms with Gasteiger partial charge in [0, 0.05) is 11.1 Å². The van der Waals surface area contributed by atoms with Gasteiger partial charge < -0.3 is 0 Å². The van der Waals surface area contributed by atoms with Crippen LogP contribution in [0.1, 0.15) is 94.4 Å². The highest BCUT2D eigenvalue weighted by Crippen LogP contribution is 2.33. The van der Waals surface area contributed by atoms with E-state index in [1.54, 1.807) is 0 Å². The van der Waals surface area contributed by atoms with Crippen molar-refractivity contribution in [3.63, 3.8) is 0 Å². The summed E-state index contributed by atoms with van der Waals surface area (Å²) in [6, 6.07) is 8.56. The molecule has 1 aromatic rings. The van der Waals surface area contributed by atoms with Crippen LogP contribution in [0.2, 0.25) is 0 Å². The van der Waals surface area contributed by atoms with E-state index in [0.717, 1.165) is 3.53 Å². The summed E-state index contributed by atoms with van der Waals surface area (Å²) in [4.78, 5) is 0. The van der Waals surface area contributed by atoms with Gasteiger partial charge in [-0.3, -0.25) is 0 Å². The van der Waals surface area contributed by atoms with Crippen molar-refractivity contribution >= 4 is 50.9 Å². The third-order valence-electron chi connectivity index (χ3n) is 4.59. The minimum absolute atomic E-state index is 0.409. The molecule has 0 bridgehead atoms. The lowest BCUT2D eigenvalue weighted by atomic mass is 10.1. The molecule has 0 heterocycles. The van der Waals surface area contributed by atoms with E-state index < -0.39 is 0 Å². The fourth-order valence-corrected chi connectivity index (χ4v) is 5.78. The summed E-state index contributed by atoms with van der Waals surface area (Å²) in [5.74, 6) is 1.75. The predicted octanol–water partition coefficient (Wildman–Crippen LogP) is 9.16. The minimum Gasteiger partial charge on any atom is -0.122 e. The fourth-order valence-electron chi connectivity index (χ4n) is 2.87. The van der Waals surface area contributed by atoms with Crippen molar-refractivity contribution in [2.24, 2.45) is 0 Å². The molecule has 0 aliphatic rings. The maximum atomic E-state index is 5.85.